The Labute approximate surface area is 123 Å². The molecule has 2 aromatic rings. The highest BCUT2D eigenvalue weighted by Gasteiger charge is 2.19. The second kappa shape index (κ2) is 6.01. The Kier molecular flexibility index (Phi) is 3.92. The first kappa shape index (κ1) is 13.7. The molecule has 3 rings (SSSR count). The number of rotatable bonds is 4. The number of benzene rings is 1. The van der Waals surface area contributed by atoms with Crippen molar-refractivity contribution in [1.29, 1.82) is 0 Å². The molecule has 1 aliphatic heterocycles. The molecule has 0 radical (unpaired) electrons. The van der Waals surface area contributed by atoms with Crippen LogP contribution in [-0.4, -0.2) is 48.3 Å². The molecule has 0 bridgehead atoms. The van der Waals surface area contributed by atoms with E-state index in [1.807, 2.05) is 12.1 Å². The van der Waals surface area contributed by atoms with Crippen molar-refractivity contribution in [3.8, 4) is 5.75 Å². The van der Waals surface area contributed by atoms with Crippen molar-refractivity contribution in [3.63, 3.8) is 0 Å². The van der Waals surface area contributed by atoms with E-state index in [4.69, 9.17) is 15.0 Å². The van der Waals surface area contributed by atoms with E-state index < -0.39 is 0 Å². The number of nitrogens with zero attached hydrogens (tertiary/aromatic N) is 4. The van der Waals surface area contributed by atoms with Gasteiger partial charge in [-0.15, -0.1) is 0 Å². The van der Waals surface area contributed by atoms with Gasteiger partial charge < -0.3 is 24.8 Å². The first-order valence-electron chi connectivity index (χ1n) is 6.95. The number of piperazine rings is 1. The minimum absolute atomic E-state index is 0.255. The molecule has 1 fully saturated rings. The highest BCUT2D eigenvalue weighted by molar-refractivity contribution is 5.41. The lowest BCUT2D eigenvalue weighted by Crippen LogP contribution is -2.44. The highest BCUT2D eigenvalue weighted by atomic mass is 16.5. The number of ether oxygens (including phenoxy) is 1. The van der Waals surface area contributed by atoms with Gasteiger partial charge in [0.25, 0.3) is 11.8 Å². The molecule has 1 aliphatic rings. The van der Waals surface area contributed by atoms with Gasteiger partial charge in [0.05, 0.1) is 0 Å². The van der Waals surface area contributed by atoms with Crippen molar-refractivity contribution in [2.45, 2.75) is 6.61 Å². The molecule has 2 N–H and O–H groups in total. The molecule has 0 atom stereocenters. The molecule has 1 saturated heterocycles. The van der Waals surface area contributed by atoms with Crippen molar-refractivity contribution < 1.29 is 9.26 Å². The average Bonchev–Trinajstić information content (AvgIpc) is 2.96. The third-order valence-corrected chi connectivity index (χ3v) is 3.49. The Morgan fingerprint density at radius 2 is 1.90 bits per heavy atom. The summed E-state index contributed by atoms with van der Waals surface area (Å²) in [4.78, 5) is 8.77. The molecule has 0 unspecified atom stereocenters. The standard InChI is InChI=1S/C14H19N5O2/c1-18-6-8-19(9-7-18)14-16-13(21-17-14)10-20-12-4-2-11(15)3-5-12/h2-5H,6-10,15H2,1H3. The molecule has 0 aliphatic carbocycles. The van der Waals surface area contributed by atoms with Crippen LogP contribution in [0.3, 0.4) is 0 Å². The summed E-state index contributed by atoms with van der Waals surface area (Å²) in [7, 11) is 2.11. The van der Waals surface area contributed by atoms with Crippen LogP contribution in [0, 0.1) is 0 Å². The van der Waals surface area contributed by atoms with E-state index in [0.717, 1.165) is 31.9 Å². The summed E-state index contributed by atoms with van der Waals surface area (Å²) in [6.45, 7) is 4.09. The normalized spacial score (nSPS) is 16.1. The van der Waals surface area contributed by atoms with Gasteiger partial charge in [-0.05, 0) is 36.5 Å². The van der Waals surface area contributed by atoms with E-state index in [1.54, 1.807) is 12.1 Å². The lowest BCUT2D eigenvalue weighted by Gasteiger charge is -2.31. The van der Waals surface area contributed by atoms with Crippen molar-refractivity contribution in [1.82, 2.24) is 15.0 Å². The summed E-state index contributed by atoms with van der Waals surface area (Å²) >= 11 is 0. The number of nitrogen functional groups attached to an aromatic ring is 1. The number of likely N-dealkylation sites (N-methyl/N-ethyl adjacent to an activating group) is 1. The van der Waals surface area contributed by atoms with Crippen LogP contribution >= 0.6 is 0 Å². The molecule has 0 amide bonds. The quantitative estimate of drug-likeness (QED) is 0.840. The molecule has 1 aromatic carbocycles. The summed E-state index contributed by atoms with van der Waals surface area (Å²) in [6.07, 6.45) is 0. The number of aromatic nitrogens is 2. The lowest BCUT2D eigenvalue weighted by atomic mass is 10.3. The molecule has 0 spiro atoms. The zero-order valence-electron chi connectivity index (χ0n) is 12.0. The van der Waals surface area contributed by atoms with Gasteiger partial charge in [0, 0.05) is 31.9 Å². The summed E-state index contributed by atoms with van der Waals surface area (Å²) in [6, 6.07) is 7.21. The van der Waals surface area contributed by atoms with Crippen molar-refractivity contribution in [2.24, 2.45) is 0 Å². The van der Waals surface area contributed by atoms with Gasteiger partial charge in [0.15, 0.2) is 6.61 Å². The van der Waals surface area contributed by atoms with E-state index in [-0.39, 0.29) is 6.61 Å². The molecule has 21 heavy (non-hydrogen) atoms. The minimum Gasteiger partial charge on any atom is -0.484 e. The summed E-state index contributed by atoms with van der Waals surface area (Å²) in [5.41, 5.74) is 6.33. The van der Waals surface area contributed by atoms with E-state index in [0.29, 0.717) is 17.5 Å². The van der Waals surface area contributed by atoms with Crippen molar-refractivity contribution in [2.75, 3.05) is 43.9 Å². The zero-order chi connectivity index (χ0) is 14.7. The maximum Gasteiger partial charge on any atom is 0.266 e. The monoisotopic (exact) mass is 289 g/mol. The minimum atomic E-state index is 0.255. The van der Waals surface area contributed by atoms with Crippen LogP contribution in [0.4, 0.5) is 11.6 Å². The predicted molar refractivity (Wildman–Crippen MR) is 79.2 cm³/mol. The fourth-order valence-electron chi connectivity index (χ4n) is 2.15. The van der Waals surface area contributed by atoms with Crippen LogP contribution < -0.4 is 15.4 Å². The molecular formula is C14H19N5O2. The molecule has 112 valence electrons. The molecule has 1 aromatic heterocycles. The van der Waals surface area contributed by atoms with Gasteiger partial charge >= 0.3 is 0 Å². The van der Waals surface area contributed by atoms with Gasteiger partial charge in [0.2, 0.25) is 0 Å². The second-order valence-electron chi connectivity index (χ2n) is 5.14. The number of hydrogen-bond acceptors (Lipinski definition) is 7. The summed E-state index contributed by atoms with van der Waals surface area (Å²) in [5.74, 6) is 1.84. The fourth-order valence-corrected chi connectivity index (χ4v) is 2.15. The van der Waals surface area contributed by atoms with Crippen LogP contribution in [0.2, 0.25) is 0 Å². The fraction of sp³-hybridized carbons (Fsp3) is 0.429. The lowest BCUT2D eigenvalue weighted by molar-refractivity contribution is 0.242. The second-order valence-corrected chi connectivity index (χ2v) is 5.14. The van der Waals surface area contributed by atoms with E-state index >= 15 is 0 Å². The van der Waals surface area contributed by atoms with Crippen molar-refractivity contribution >= 4 is 11.6 Å². The van der Waals surface area contributed by atoms with Gasteiger partial charge in [-0.3, -0.25) is 0 Å². The molecular weight excluding hydrogens is 270 g/mol. The van der Waals surface area contributed by atoms with E-state index in [2.05, 4.69) is 27.0 Å². The number of nitrogens with two attached hydrogens (primary N) is 1. The Bertz CT molecular complexity index is 575. The van der Waals surface area contributed by atoms with Gasteiger partial charge in [-0.25, -0.2) is 0 Å². The predicted octanol–water partition coefficient (Wildman–Crippen LogP) is 0.983. The van der Waals surface area contributed by atoms with Gasteiger partial charge in [0.1, 0.15) is 5.75 Å². The maximum atomic E-state index is 5.62. The first-order valence-corrected chi connectivity index (χ1v) is 6.95. The van der Waals surface area contributed by atoms with E-state index in [9.17, 15) is 0 Å². The SMILES string of the molecule is CN1CCN(c2noc(COc3ccc(N)cc3)n2)CC1. The van der Waals surface area contributed by atoms with Crippen LogP contribution in [0.25, 0.3) is 0 Å². The van der Waals surface area contributed by atoms with Gasteiger partial charge in [-0.1, -0.05) is 0 Å². The molecule has 2 heterocycles. The largest absolute Gasteiger partial charge is 0.484 e. The number of anilines is 2. The zero-order valence-corrected chi connectivity index (χ0v) is 12.0. The van der Waals surface area contributed by atoms with Crippen LogP contribution in [0.1, 0.15) is 5.89 Å². The Balaban J connectivity index is 1.56. The Hall–Kier alpha value is -2.28. The maximum absolute atomic E-state index is 5.62. The molecule has 7 heteroatoms. The third-order valence-electron chi connectivity index (χ3n) is 3.49. The molecule has 0 saturated carbocycles. The smallest absolute Gasteiger partial charge is 0.266 e. The number of hydrogen-bond donors (Lipinski definition) is 1. The summed E-state index contributed by atoms with van der Waals surface area (Å²) < 4.78 is 10.8. The van der Waals surface area contributed by atoms with Crippen LogP contribution in [0.5, 0.6) is 5.75 Å². The van der Waals surface area contributed by atoms with Crippen LogP contribution in [0.15, 0.2) is 28.8 Å². The van der Waals surface area contributed by atoms with E-state index in [1.165, 1.54) is 0 Å². The van der Waals surface area contributed by atoms with Crippen molar-refractivity contribution in [3.05, 3.63) is 30.2 Å². The average molecular weight is 289 g/mol. The summed E-state index contributed by atoms with van der Waals surface area (Å²) in [5, 5.41) is 4.01. The highest BCUT2D eigenvalue weighted by Crippen LogP contribution is 2.16. The Morgan fingerprint density at radius 3 is 2.62 bits per heavy atom. The van der Waals surface area contributed by atoms with Crippen LogP contribution in [-0.2, 0) is 6.61 Å². The van der Waals surface area contributed by atoms with Gasteiger partial charge in [-0.2, -0.15) is 4.98 Å². The first-order chi connectivity index (χ1) is 10.2. The topological polar surface area (TPSA) is 80.7 Å². The Morgan fingerprint density at radius 1 is 1.19 bits per heavy atom. The third kappa shape index (κ3) is 3.43. The molecule has 7 nitrogen and oxygen atoms in total.